The van der Waals surface area contributed by atoms with Gasteiger partial charge in [-0.1, -0.05) is 51.3 Å². The SMILES string of the molecule is C=C1CCCC2Nc3ccc(Br)cc3C12CCNS(=O)(=O)c1ccc(Cl)cc1Cl. The first-order valence-electron chi connectivity index (χ1n) is 9.43. The molecule has 1 heterocycles. The van der Waals surface area contributed by atoms with Crippen molar-refractivity contribution in [3.8, 4) is 0 Å². The fourth-order valence-corrected chi connectivity index (χ4v) is 6.81. The molecule has 1 aliphatic carbocycles. The average molecular weight is 516 g/mol. The van der Waals surface area contributed by atoms with Gasteiger partial charge in [-0.05, 0) is 67.6 Å². The molecule has 0 aromatic heterocycles. The third-order valence-corrected chi connectivity index (χ3v) is 8.66. The second kappa shape index (κ2) is 7.89. The summed E-state index contributed by atoms with van der Waals surface area (Å²) in [6.07, 6.45) is 3.68. The van der Waals surface area contributed by atoms with Gasteiger partial charge in [-0.15, -0.1) is 0 Å². The lowest BCUT2D eigenvalue weighted by Crippen LogP contribution is -2.45. The minimum atomic E-state index is -3.74. The van der Waals surface area contributed by atoms with Gasteiger partial charge in [0.05, 0.1) is 5.02 Å². The molecule has 2 aliphatic rings. The highest BCUT2D eigenvalue weighted by Crippen LogP contribution is 2.53. The van der Waals surface area contributed by atoms with Gasteiger partial charge in [0.2, 0.25) is 10.0 Å². The summed E-state index contributed by atoms with van der Waals surface area (Å²) >= 11 is 15.6. The molecule has 8 heteroatoms. The Balaban J connectivity index is 1.61. The molecule has 4 rings (SSSR count). The van der Waals surface area contributed by atoms with Crippen molar-refractivity contribution in [2.45, 2.75) is 42.0 Å². The van der Waals surface area contributed by atoms with E-state index < -0.39 is 10.0 Å². The molecule has 29 heavy (non-hydrogen) atoms. The molecule has 0 bridgehead atoms. The molecule has 1 fully saturated rings. The number of halogens is 3. The van der Waals surface area contributed by atoms with Gasteiger partial charge < -0.3 is 5.32 Å². The first kappa shape index (κ1) is 21.2. The van der Waals surface area contributed by atoms with Crippen LogP contribution in [-0.2, 0) is 15.4 Å². The molecule has 2 aromatic carbocycles. The predicted octanol–water partition coefficient (Wildman–Crippen LogP) is 5.90. The first-order valence-corrected chi connectivity index (χ1v) is 12.5. The van der Waals surface area contributed by atoms with Crippen LogP contribution in [-0.4, -0.2) is 21.0 Å². The van der Waals surface area contributed by atoms with E-state index in [9.17, 15) is 8.42 Å². The molecule has 154 valence electrons. The summed E-state index contributed by atoms with van der Waals surface area (Å²) in [5.41, 5.74) is 3.15. The number of nitrogens with one attached hydrogen (secondary N) is 2. The normalized spacial score (nSPS) is 23.4. The molecular weight excluding hydrogens is 495 g/mol. The van der Waals surface area contributed by atoms with Crippen LogP contribution in [0, 0.1) is 0 Å². The summed E-state index contributed by atoms with van der Waals surface area (Å²) in [6, 6.07) is 10.8. The molecule has 2 unspecified atom stereocenters. The highest BCUT2D eigenvalue weighted by Gasteiger charge is 2.49. The third kappa shape index (κ3) is 3.74. The van der Waals surface area contributed by atoms with Gasteiger partial charge in [0.25, 0.3) is 0 Å². The molecular formula is C21H21BrCl2N2O2S. The van der Waals surface area contributed by atoms with E-state index in [2.05, 4.69) is 44.7 Å². The minimum absolute atomic E-state index is 0.0350. The number of fused-ring (bicyclic) bond motifs is 3. The van der Waals surface area contributed by atoms with Crippen LogP contribution in [0.15, 0.2) is 57.9 Å². The van der Waals surface area contributed by atoms with Crippen molar-refractivity contribution in [1.82, 2.24) is 4.72 Å². The van der Waals surface area contributed by atoms with Crippen LogP contribution in [0.3, 0.4) is 0 Å². The predicted molar refractivity (Wildman–Crippen MR) is 122 cm³/mol. The van der Waals surface area contributed by atoms with Crippen molar-refractivity contribution in [3.63, 3.8) is 0 Å². The smallest absolute Gasteiger partial charge is 0.242 e. The number of anilines is 1. The lowest BCUT2D eigenvalue weighted by Gasteiger charge is -2.42. The molecule has 0 spiro atoms. The van der Waals surface area contributed by atoms with E-state index in [-0.39, 0.29) is 27.9 Å². The van der Waals surface area contributed by atoms with Crippen molar-refractivity contribution in [2.75, 3.05) is 11.9 Å². The first-order chi connectivity index (χ1) is 13.7. The van der Waals surface area contributed by atoms with E-state index in [1.54, 1.807) is 0 Å². The summed E-state index contributed by atoms with van der Waals surface area (Å²) < 4.78 is 29.3. The number of benzene rings is 2. The third-order valence-electron chi connectivity index (χ3n) is 5.98. The molecule has 0 amide bonds. The van der Waals surface area contributed by atoms with Gasteiger partial charge in [-0.25, -0.2) is 13.1 Å². The maximum Gasteiger partial charge on any atom is 0.242 e. The average Bonchev–Trinajstić information content (AvgIpc) is 2.96. The topological polar surface area (TPSA) is 58.2 Å². The summed E-state index contributed by atoms with van der Waals surface area (Å²) in [5, 5.41) is 4.14. The van der Waals surface area contributed by atoms with E-state index >= 15 is 0 Å². The zero-order valence-corrected chi connectivity index (χ0v) is 19.6. The van der Waals surface area contributed by atoms with Gasteiger partial charge in [0, 0.05) is 33.2 Å². The number of sulfonamides is 1. The summed E-state index contributed by atoms with van der Waals surface area (Å²) in [5.74, 6) is 0. The number of hydrogen-bond acceptors (Lipinski definition) is 3. The van der Waals surface area contributed by atoms with Gasteiger partial charge in [-0.2, -0.15) is 0 Å². The minimum Gasteiger partial charge on any atom is -0.381 e. The highest BCUT2D eigenvalue weighted by molar-refractivity contribution is 9.10. The fraction of sp³-hybridized carbons (Fsp3) is 0.333. The van der Waals surface area contributed by atoms with E-state index in [0.29, 0.717) is 11.4 Å². The Labute approximate surface area is 189 Å². The van der Waals surface area contributed by atoms with Crippen LogP contribution in [0.25, 0.3) is 0 Å². The lowest BCUT2D eigenvalue weighted by molar-refractivity contribution is 0.344. The Kier molecular flexibility index (Phi) is 5.77. The molecule has 1 saturated carbocycles. The van der Waals surface area contributed by atoms with E-state index in [4.69, 9.17) is 23.2 Å². The Bertz CT molecular complexity index is 1090. The summed E-state index contributed by atoms with van der Waals surface area (Å²) in [7, 11) is -3.74. The molecule has 2 N–H and O–H groups in total. The van der Waals surface area contributed by atoms with Crippen molar-refractivity contribution in [3.05, 3.63) is 68.6 Å². The summed E-state index contributed by atoms with van der Waals surface area (Å²) in [6.45, 7) is 4.67. The number of hydrogen-bond donors (Lipinski definition) is 2. The second-order valence-electron chi connectivity index (χ2n) is 7.58. The molecule has 4 nitrogen and oxygen atoms in total. The molecule has 2 aromatic rings. The van der Waals surface area contributed by atoms with Crippen LogP contribution in [0.5, 0.6) is 0 Å². The Hall–Kier alpha value is -1.05. The standard InChI is InChI=1S/C21H21BrCl2N2O2S/c1-13-3-2-4-20-21(13,16-11-14(22)5-7-18(16)26-20)9-10-25-29(27,28)19-8-6-15(23)12-17(19)24/h5-8,11-12,20,25-26H,1-4,9-10H2. The van der Waals surface area contributed by atoms with Crippen molar-refractivity contribution >= 4 is 54.8 Å². The van der Waals surface area contributed by atoms with E-state index in [1.807, 2.05) is 6.07 Å². The van der Waals surface area contributed by atoms with Crippen molar-refractivity contribution < 1.29 is 8.42 Å². The molecule has 1 aliphatic heterocycles. The van der Waals surface area contributed by atoms with Crippen LogP contribution >= 0.6 is 39.1 Å². The fourth-order valence-electron chi connectivity index (χ4n) is 4.65. The molecule has 0 radical (unpaired) electrons. The van der Waals surface area contributed by atoms with Gasteiger partial charge in [0.1, 0.15) is 4.90 Å². The number of rotatable bonds is 5. The molecule has 0 saturated heterocycles. The Morgan fingerprint density at radius 2 is 2.03 bits per heavy atom. The second-order valence-corrected chi connectivity index (χ2v) is 11.1. The van der Waals surface area contributed by atoms with E-state index in [1.165, 1.54) is 23.8 Å². The van der Waals surface area contributed by atoms with Gasteiger partial charge in [0.15, 0.2) is 0 Å². The van der Waals surface area contributed by atoms with Crippen LogP contribution in [0.4, 0.5) is 5.69 Å². The zero-order valence-electron chi connectivity index (χ0n) is 15.6. The van der Waals surface area contributed by atoms with Crippen molar-refractivity contribution in [2.24, 2.45) is 0 Å². The maximum atomic E-state index is 12.8. The largest absolute Gasteiger partial charge is 0.381 e. The Morgan fingerprint density at radius 1 is 1.24 bits per heavy atom. The van der Waals surface area contributed by atoms with Crippen LogP contribution < -0.4 is 10.0 Å². The quantitative estimate of drug-likeness (QED) is 0.487. The Morgan fingerprint density at radius 3 is 2.79 bits per heavy atom. The van der Waals surface area contributed by atoms with Crippen molar-refractivity contribution in [1.29, 1.82) is 0 Å². The van der Waals surface area contributed by atoms with E-state index in [0.717, 1.165) is 35.0 Å². The maximum absolute atomic E-state index is 12.8. The van der Waals surface area contributed by atoms with Crippen LogP contribution in [0.1, 0.15) is 31.2 Å². The zero-order chi connectivity index (χ0) is 20.8. The van der Waals surface area contributed by atoms with Crippen LogP contribution in [0.2, 0.25) is 10.0 Å². The monoisotopic (exact) mass is 514 g/mol. The molecule has 2 atom stereocenters. The van der Waals surface area contributed by atoms with Gasteiger partial charge in [-0.3, -0.25) is 0 Å². The highest BCUT2D eigenvalue weighted by atomic mass is 79.9. The summed E-state index contributed by atoms with van der Waals surface area (Å²) in [4.78, 5) is 0.0350. The lowest BCUT2D eigenvalue weighted by atomic mass is 9.63. The van der Waals surface area contributed by atoms with Gasteiger partial charge >= 0.3 is 0 Å².